The summed E-state index contributed by atoms with van der Waals surface area (Å²) in [5, 5.41) is 17.7. The van der Waals surface area contributed by atoms with E-state index in [0.29, 0.717) is 0 Å². The third-order valence-electron chi connectivity index (χ3n) is 10.1. The molecule has 0 fully saturated rings. The molecule has 0 unspecified atom stereocenters. The van der Waals surface area contributed by atoms with Gasteiger partial charge in [0.2, 0.25) is 23.6 Å². The second-order valence-corrected chi connectivity index (χ2v) is 19.5. The van der Waals surface area contributed by atoms with Gasteiger partial charge in [-0.05, 0) is 62.3 Å². The van der Waals surface area contributed by atoms with Gasteiger partial charge in [0.25, 0.3) is 0 Å². The number of benzene rings is 6. The average Bonchev–Trinajstić information content (AvgIpc) is 3.50. The molecule has 5 N–H and O–H groups in total. The minimum atomic E-state index is -0.269. The zero-order valence-corrected chi connectivity index (χ0v) is 58.7. The van der Waals surface area contributed by atoms with Crippen LogP contribution in [-0.2, 0) is 19.2 Å². The standard InChI is InChI=1S/6C7H8.4C5H12.3C4H9NO.C3H7NO2/c6*1-7-5-3-2-4-6-7;4*1-3-5-4-2;3*1-3-5-4(2)6;1-3(6)4-2-5/h6*2-6H,1H3;4*3-5H2,1-2H3;3*3H2,1-2H3,(H,5,6);5H,2H2,1H3,(H,4,6)/p+1. The largest absolute Gasteiger partial charge is 1.00 e. The van der Waals surface area contributed by atoms with Crippen molar-refractivity contribution in [2.75, 3.05) is 26.4 Å². The number of aryl methyl sites for hydroxylation is 6. The molecule has 6 aromatic rings. The molecule has 0 atom stereocenters. The molecule has 0 aliphatic carbocycles. The van der Waals surface area contributed by atoms with Crippen molar-refractivity contribution in [2.45, 2.75) is 222 Å². The van der Waals surface area contributed by atoms with E-state index in [9.17, 15) is 19.2 Å². The molecule has 0 spiro atoms. The summed E-state index contributed by atoms with van der Waals surface area (Å²) in [5.41, 5.74) is 7.93. The number of hydrogen-bond acceptors (Lipinski definition) is 5. The van der Waals surface area contributed by atoms with Gasteiger partial charge in [0.1, 0.15) is 6.73 Å². The van der Waals surface area contributed by atoms with E-state index in [1.807, 2.05) is 130 Å². The predicted molar refractivity (Wildman–Crippen MR) is 383 cm³/mol. The van der Waals surface area contributed by atoms with Crippen LogP contribution in [0.5, 0.6) is 0 Å². The van der Waals surface area contributed by atoms with Crippen LogP contribution in [0.4, 0.5) is 0 Å². The predicted octanol–water partition coefficient (Wildman–Crippen LogP) is 20.4. The van der Waals surface area contributed by atoms with Gasteiger partial charge in [0, 0.05) is 47.3 Å². The zero-order chi connectivity index (χ0) is 67.1. The Hall–Kier alpha value is -6.84. The molecule has 6 rings (SSSR count). The summed E-state index contributed by atoms with van der Waals surface area (Å²) in [5.74, 6) is -0.0926. The third kappa shape index (κ3) is 120. The summed E-state index contributed by atoms with van der Waals surface area (Å²) in [6.45, 7) is 43.6. The Morgan fingerprint density at radius 1 is 0.267 bits per heavy atom. The van der Waals surface area contributed by atoms with Crippen LogP contribution in [0.25, 0.3) is 0 Å². The van der Waals surface area contributed by atoms with Crippen LogP contribution in [0.1, 0.15) is 216 Å². The Morgan fingerprint density at radius 2 is 0.395 bits per heavy atom. The molecular weight excluding hydrogens is 1060 g/mol. The number of carbonyl (C=O) groups excluding carboxylic acids is 4. The first-order valence-corrected chi connectivity index (χ1v) is 31.8. The fourth-order valence-corrected chi connectivity index (χ4v) is 5.48. The van der Waals surface area contributed by atoms with E-state index < -0.39 is 0 Å². The molecule has 0 saturated carbocycles. The van der Waals surface area contributed by atoms with Crippen LogP contribution in [-0.4, -0.2) is 55.1 Å². The number of unbranched alkanes of at least 4 members (excludes halogenated alkanes) is 8. The van der Waals surface area contributed by atoms with Crippen LogP contribution >= 0.6 is 0 Å². The summed E-state index contributed by atoms with van der Waals surface area (Å²) in [4.78, 5) is 39.6. The highest BCUT2D eigenvalue weighted by molar-refractivity contribution is 5.73. The lowest BCUT2D eigenvalue weighted by Crippen LogP contribution is -2.19. The molecule has 9 nitrogen and oxygen atoms in total. The molecule has 0 bridgehead atoms. The molecule has 0 radical (unpaired) electrons. The van der Waals surface area contributed by atoms with E-state index >= 15 is 0 Å². The molecule has 6 aromatic carbocycles. The second-order valence-electron chi connectivity index (χ2n) is 19.5. The molecule has 0 aromatic heterocycles. The van der Waals surface area contributed by atoms with Gasteiger partial charge in [-0.2, -0.15) is 0 Å². The number of aliphatic hydroxyl groups is 1. The quantitative estimate of drug-likeness (QED) is 0.0778. The molecule has 0 aliphatic rings. The van der Waals surface area contributed by atoms with Crippen LogP contribution < -0.4 is 21.3 Å². The lowest BCUT2D eigenvalue weighted by Gasteiger charge is -1.88. The number of aliphatic hydroxyl groups excluding tert-OH is 1. The summed E-state index contributed by atoms with van der Waals surface area (Å²) in [6.07, 6.45) is 16.3. The molecule has 0 heterocycles. The molecular formula is C77H131N4O5+. The van der Waals surface area contributed by atoms with E-state index in [-0.39, 0.29) is 31.8 Å². The zero-order valence-electron chi connectivity index (χ0n) is 59.7. The van der Waals surface area contributed by atoms with Crippen LogP contribution in [0.3, 0.4) is 0 Å². The summed E-state index contributed by atoms with van der Waals surface area (Å²) in [6, 6.07) is 61.6. The van der Waals surface area contributed by atoms with Crippen LogP contribution in [0.2, 0.25) is 0 Å². The van der Waals surface area contributed by atoms with Crippen molar-refractivity contribution in [2.24, 2.45) is 0 Å². The van der Waals surface area contributed by atoms with Crippen molar-refractivity contribution < 1.29 is 25.7 Å². The van der Waals surface area contributed by atoms with Crippen molar-refractivity contribution >= 4 is 23.6 Å². The summed E-state index contributed by atoms with van der Waals surface area (Å²) >= 11 is 0. The van der Waals surface area contributed by atoms with Crippen molar-refractivity contribution in [3.8, 4) is 0 Å². The summed E-state index contributed by atoms with van der Waals surface area (Å²) < 4.78 is 0. The molecule has 488 valence electrons. The van der Waals surface area contributed by atoms with Crippen molar-refractivity contribution in [1.82, 2.24) is 21.3 Å². The third-order valence-corrected chi connectivity index (χ3v) is 10.1. The number of carbonyl (C=O) groups is 4. The Balaban J connectivity index is -0.000000108. The minimum Gasteiger partial charge on any atom is -0.377 e. The Kier molecular flexibility index (Phi) is 96.5. The van der Waals surface area contributed by atoms with E-state index in [1.165, 1.54) is 138 Å². The van der Waals surface area contributed by atoms with Gasteiger partial charge in [0.15, 0.2) is 0 Å². The second kappa shape index (κ2) is 86.9. The lowest BCUT2D eigenvalue weighted by atomic mass is 10.2. The average molecular weight is 1190 g/mol. The van der Waals surface area contributed by atoms with Gasteiger partial charge in [-0.25, -0.2) is 0 Å². The fraction of sp³-hybridized carbons (Fsp3) is 0.481. The molecule has 9 heteroatoms. The molecule has 4 amide bonds. The number of rotatable bonds is 12. The highest BCUT2D eigenvalue weighted by atomic mass is 16.3. The molecule has 0 saturated heterocycles. The highest BCUT2D eigenvalue weighted by Gasteiger charge is 1.82. The molecule has 0 aliphatic heterocycles. The maximum absolute atomic E-state index is 9.93. The number of hydrogen-bond donors (Lipinski definition) is 5. The Labute approximate surface area is 532 Å². The maximum atomic E-state index is 9.93. The van der Waals surface area contributed by atoms with Gasteiger partial charge >= 0.3 is 1.43 Å². The van der Waals surface area contributed by atoms with Crippen LogP contribution in [0, 0.1) is 41.5 Å². The van der Waals surface area contributed by atoms with E-state index in [2.05, 4.69) is 191 Å². The molecule has 86 heavy (non-hydrogen) atoms. The SMILES string of the molecule is CC(=O)NCO.CCCCC.CCCCC.CCCCC.CCCCC.CCNC(C)=O.CCNC(C)=O.CCNC(C)=O.Cc1ccccc1.Cc1ccccc1.Cc1ccccc1.Cc1ccccc1.Cc1ccccc1.Cc1ccccc1.[H+]. The fourth-order valence-electron chi connectivity index (χ4n) is 5.48. The van der Waals surface area contributed by atoms with Gasteiger partial charge in [-0.15, -0.1) is 0 Å². The van der Waals surface area contributed by atoms with E-state index in [4.69, 9.17) is 5.11 Å². The van der Waals surface area contributed by atoms with Crippen molar-refractivity contribution in [1.29, 1.82) is 0 Å². The van der Waals surface area contributed by atoms with E-state index in [1.54, 1.807) is 0 Å². The van der Waals surface area contributed by atoms with Gasteiger partial charge in [0.05, 0.1) is 0 Å². The van der Waals surface area contributed by atoms with Gasteiger partial charge in [-0.1, -0.05) is 348 Å². The normalized spacial score (nSPS) is 8.35. The first-order chi connectivity index (χ1) is 41.1. The lowest BCUT2D eigenvalue weighted by molar-refractivity contribution is -0.120. The monoisotopic (exact) mass is 1190 g/mol. The highest BCUT2D eigenvalue weighted by Crippen LogP contribution is 1.96. The van der Waals surface area contributed by atoms with Gasteiger partial charge in [-0.3, -0.25) is 19.2 Å². The smallest absolute Gasteiger partial charge is 0.377 e. The first kappa shape index (κ1) is 95.5. The topological polar surface area (TPSA) is 137 Å². The van der Waals surface area contributed by atoms with Crippen LogP contribution in [0.15, 0.2) is 182 Å². The summed E-state index contributed by atoms with van der Waals surface area (Å²) in [7, 11) is 0. The Bertz CT molecular complexity index is 1770. The van der Waals surface area contributed by atoms with E-state index in [0.717, 1.165) is 19.6 Å². The van der Waals surface area contributed by atoms with Crippen molar-refractivity contribution in [3.05, 3.63) is 215 Å². The maximum Gasteiger partial charge on any atom is 1.00 e. The minimum absolute atomic E-state index is 0. The van der Waals surface area contributed by atoms with Gasteiger partial charge < -0.3 is 26.4 Å². The number of nitrogens with one attached hydrogen (secondary N) is 4. The first-order valence-electron chi connectivity index (χ1n) is 31.8. The van der Waals surface area contributed by atoms with Crippen molar-refractivity contribution in [3.63, 3.8) is 0 Å². The Morgan fingerprint density at radius 3 is 0.419 bits per heavy atom. The number of amides is 4.